The van der Waals surface area contributed by atoms with Gasteiger partial charge in [-0.15, -0.1) is 0 Å². The van der Waals surface area contributed by atoms with E-state index in [9.17, 15) is 45.6 Å². The number of aliphatic hydroxyl groups is 8. The van der Waals surface area contributed by atoms with Crippen LogP contribution in [-0.4, -0.2) is 140 Å². The third kappa shape index (κ3) is 40.5. The van der Waals surface area contributed by atoms with E-state index in [4.69, 9.17) is 18.9 Å². The van der Waals surface area contributed by atoms with E-state index in [0.29, 0.717) is 6.42 Å². The number of aliphatic hydroxyl groups excluding tert-OH is 8. The van der Waals surface area contributed by atoms with Crippen molar-refractivity contribution in [3.63, 3.8) is 0 Å². The molecule has 0 spiro atoms. The van der Waals surface area contributed by atoms with Gasteiger partial charge in [0.1, 0.15) is 48.8 Å². The van der Waals surface area contributed by atoms with Crippen molar-refractivity contribution in [1.29, 1.82) is 0 Å². The third-order valence-corrected chi connectivity index (χ3v) is 17.6. The molecule has 12 unspecified atom stereocenters. The van der Waals surface area contributed by atoms with E-state index in [0.717, 1.165) is 44.9 Å². The fraction of sp³-hybridized carbons (Fsp3) is 0.901. The van der Waals surface area contributed by atoms with E-state index in [-0.39, 0.29) is 18.9 Å². The molecule has 14 nitrogen and oxygen atoms in total. The Labute approximate surface area is 519 Å². The summed E-state index contributed by atoms with van der Waals surface area (Å²) in [5.74, 6) is -0.235. The fourth-order valence-corrected chi connectivity index (χ4v) is 11.9. The van der Waals surface area contributed by atoms with Gasteiger partial charge in [-0.25, -0.2) is 0 Å². The monoisotopic (exact) mass is 1210 g/mol. The van der Waals surface area contributed by atoms with Gasteiger partial charge in [-0.3, -0.25) is 4.79 Å². The molecule has 2 aliphatic heterocycles. The first kappa shape index (κ1) is 79.3. The lowest BCUT2D eigenvalue weighted by molar-refractivity contribution is -0.359. The maximum absolute atomic E-state index is 13.3. The number of carbonyl (C=O) groups excluding carboxylic acids is 1. The van der Waals surface area contributed by atoms with Gasteiger partial charge in [-0.1, -0.05) is 294 Å². The van der Waals surface area contributed by atoms with Gasteiger partial charge in [0.25, 0.3) is 0 Å². The molecule has 12 atom stereocenters. The molecule has 2 heterocycles. The second-order valence-electron chi connectivity index (χ2n) is 25.4. The first-order valence-corrected chi connectivity index (χ1v) is 35.7. The predicted molar refractivity (Wildman–Crippen MR) is 346 cm³/mol. The van der Waals surface area contributed by atoms with Crippen LogP contribution in [0.15, 0.2) is 36.5 Å². The molecule has 500 valence electrons. The Kier molecular flexibility index (Phi) is 52.4. The molecule has 0 saturated carbocycles. The van der Waals surface area contributed by atoms with E-state index < -0.39 is 86.8 Å². The minimum atomic E-state index is -1.79. The summed E-state index contributed by atoms with van der Waals surface area (Å²) < 4.78 is 22.8. The van der Waals surface area contributed by atoms with Crippen LogP contribution in [0.3, 0.4) is 0 Å². The largest absolute Gasteiger partial charge is 0.394 e. The van der Waals surface area contributed by atoms with Gasteiger partial charge in [-0.05, 0) is 51.4 Å². The van der Waals surface area contributed by atoms with E-state index in [1.165, 1.54) is 244 Å². The van der Waals surface area contributed by atoms with Crippen LogP contribution in [-0.2, 0) is 23.7 Å². The van der Waals surface area contributed by atoms with E-state index in [1.54, 1.807) is 6.08 Å². The van der Waals surface area contributed by atoms with Crippen LogP contribution in [0.2, 0.25) is 0 Å². The number of nitrogens with one attached hydrogen (secondary N) is 1. The average molecular weight is 1210 g/mol. The van der Waals surface area contributed by atoms with Crippen LogP contribution in [0, 0.1) is 0 Å². The van der Waals surface area contributed by atoms with Gasteiger partial charge in [0.2, 0.25) is 5.91 Å². The van der Waals surface area contributed by atoms with Crippen molar-refractivity contribution in [3.05, 3.63) is 36.5 Å². The first-order chi connectivity index (χ1) is 41.6. The van der Waals surface area contributed by atoms with E-state index in [2.05, 4.69) is 43.5 Å². The molecule has 0 aliphatic carbocycles. The highest BCUT2D eigenvalue weighted by Gasteiger charge is 2.51. The number of hydrogen-bond donors (Lipinski definition) is 9. The number of carbonyl (C=O) groups is 1. The maximum Gasteiger partial charge on any atom is 0.220 e. The van der Waals surface area contributed by atoms with Crippen molar-refractivity contribution in [3.8, 4) is 0 Å². The topological polar surface area (TPSA) is 228 Å². The van der Waals surface area contributed by atoms with Crippen LogP contribution in [0.1, 0.15) is 316 Å². The van der Waals surface area contributed by atoms with Crippen molar-refractivity contribution < 1.29 is 64.6 Å². The van der Waals surface area contributed by atoms with Gasteiger partial charge >= 0.3 is 0 Å². The van der Waals surface area contributed by atoms with Crippen molar-refractivity contribution >= 4 is 5.91 Å². The summed E-state index contributed by atoms with van der Waals surface area (Å²) in [7, 11) is 0. The van der Waals surface area contributed by atoms with Gasteiger partial charge in [0.15, 0.2) is 12.6 Å². The molecule has 0 aromatic carbocycles. The SMILES string of the molecule is CCCCCCC/C=C\C/C=C\CCCCCCCCCCCCCCCCCCCCCCCCCCCCCC(=O)NC(COC1OC(CO)C(OC2OC(CO)C(O)C(O)C2O)C(O)C1O)C(O)/C=C/CCCCCCCCCCCC. The average Bonchev–Trinajstić information content (AvgIpc) is 3.60. The second kappa shape index (κ2) is 56.2. The summed E-state index contributed by atoms with van der Waals surface area (Å²) in [6.45, 7) is 2.80. The normalized spacial score (nSPS) is 23.7. The van der Waals surface area contributed by atoms with Gasteiger partial charge in [0.05, 0.1) is 32.0 Å². The molecule has 0 radical (unpaired) electrons. The van der Waals surface area contributed by atoms with Crippen LogP contribution >= 0.6 is 0 Å². The first-order valence-electron chi connectivity index (χ1n) is 35.7. The highest BCUT2D eigenvalue weighted by atomic mass is 16.7. The zero-order valence-corrected chi connectivity index (χ0v) is 54.4. The van der Waals surface area contributed by atoms with Crippen LogP contribution in [0.5, 0.6) is 0 Å². The summed E-state index contributed by atoms with van der Waals surface area (Å²) in [5.41, 5.74) is 0. The van der Waals surface area contributed by atoms with Crippen LogP contribution in [0.4, 0.5) is 0 Å². The fourth-order valence-electron chi connectivity index (χ4n) is 11.9. The number of ether oxygens (including phenoxy) is 4. The standard InChI is InChI=1S/C71H133NO13/c1-3-5-7-9-11-13-15-17-18-19-20-21-22-23-24-25-26-27-28-29-30-31-32-33-34-35-36-37-38-39-40-41-42-43-45-47-49-51-53-55-63(76)72-59(60(75)54-52-50-48-46-44-16-14-12-10-8-6-4-2)58-82-70-68(81)66(79)69(62(57-74)84-70)85-71-67(80)65(78)64(77)61(56-73)83-71/h15,17,19-20,52,54,59-62,64-71,73-75,77-81H,3-14,16,18,21-51,53,55-58H2,1-2H3,(H,72,76)/b17-15-,20-19-,54-52+. The lowest BCUT2D eigenvalue weighted by atomic mass is 9.97. The Bertz CT molecular complexity index is 1560. The number of rotatable bonds is 59. The third-order valence-electron chi connectivity index (χ3n) is 17.6. The smallest absolute Gasteiger partial charge is 0.220 e. The molecular weight excluding hydrogens is 1070 g/mol. The van der Waals surface area contributed by atoms with Crippen molar-refractivity contribution in [1.82, 2.24) is 5.32 Å². The molecule has 14 heteroatoms. The van der Waals surface area contributed by atoms with Crippen molar-refractivity contribution in [2.45, 2.75) is 389 Å². The Morgan fingerprint density at radius 1 is 0.424 bits per heavy atom. The number of allylic oxidation sites excluding steroid dienone is 5. The lowest BCUT2D eigenvalue weighted by Crippen LogP contribution is -2.65. The zero-order chi connectivity index (χ0) is 61.6. The summed E-state index contributed by atoms with van der Waals surface area (Å²) >= 11 is 0. The van der Waals surface area contributed by atoms with Crippen molar-refractivity contribution in [2.75, 3.05) is 19.8 Å². The summed E-state index contributed by atoms with van der Waals surface area (Å²) in [6.07, 6.45) is 55.3. The van der Waals surface area contributed by atoms with Crippen LogP contribution in [0.25, 0.3) is 0 Å². The molecule has 2 fully saturated rings. The van der Waals surface area contributed by atoms with Gasteiger partial charge in [0, 0.05) is 6.42 Å². The molecule has 0 aromatic heterocycles. The van der Waals surface area contributed by atoms with E-state index >= 15 is 0 Å². The lowest BCUT2D eigenvalue weighted by Gasteiger charge is -2.46. The second-order valence-corrected chi connectivity index (χ2v) is 25.4. The molecule has 2 aliphatic rings. The minimum absolute atomic E-state index is 0.235. The molecule has 2 saturated heterocycles. The molecule has 0 bridgehead atoms. The van der Waals surface area contributed by atoms with Gasteiger partial charge in [-0.2, -0.15) is 0 Å². The highest BCUT2D eigenvalue weighted by Crippen LogP contribution is 2.30. The molecule has 85 heavy (non-hydrogen) atoms. The Balaban J connectivity index is 1.53. The van der Waals surface area contributed by atoms with Gasteiger partial charge < -0.3 is 65.1 Å². The number of unbranched alkanes of at least 4 members (excludes halogenated alkanes) is 42. The van der Waals surface area contributed by atoms with Crippen LogP contribution < -0.4 is 5.32 Å². The Hall–Kier alpha value is -1.79. The summed E-state index contributed by atoms with van der Waals surface area (Å²) in [6, 6.07) is -0.911. The highest BCUT2D eigenvalue weighted by molar-refractivity contribution is 5.76. The molecular formula is C71H133NO13. The number of hydrogen-bond acceptors (Lipinski definition) is 13. The maximum atomic E-state index is 13.3. The number of amides is 1. The predicted octanol–water partition coefficient (Wildman–Crippen LogP) is 14.5. The molecule has 0 aromatic rings. The van der Waals surface area contributed by atoms with Crippen molar-refractivity contribution in [2.24, 2.45) is 0 Å². The Morgan fingerprint density at radius 3 is 1.18 bits per heavy atom. The summed E-state index contributed by atoms with van der Waals surface area (Å²) in [5, 5.41) is 87.2. The minimum Gasteiger partial charge on any atom is -0.394 e. The molecule has 9 N–H and O–H groups in total. The molecule has 2 rings (SSSR count). The molecule has 1 amide bonds. The summed E-state index contributed by atoms with van der Waals surface area (Å²) in [4.78, 5) is 13.3. The van der Waals surface area contributed by atoms with E-state index in [1.807, 2.05) is 6.08 Å². The zero-order valence-electron chi connectivity index (χ0n) is 54.4. The quantitative estimate of drug-likeness (QED) is 0.0204. The Morgan fingerprint density at radius 2 is 0.776 bits per heavy atom.